The molecule has 1 aliphatic heterocycles. The number of aromatic hydroxyl groups is 1. The molecule has 1 aliphatic rings. The van der Waals surface area contributed by atoms with E-state index in [-0.39, 0.29) is 17.2 Å². The van der Waals surface area contributed by atoms with E-state index in [0.29, 0.717) is 16.2 Å². The van der Waals surface area contributed by atoms with Crippen LogP contribution in [0.5, 0.6) is 11.5 Å². The fourth-order valence-corrected chi connectivity index (χ4v) is 5.33. The quantitative estimate of drug-likeness (QED) is 0.359. The van der Waals surface area contributed by atoms with Crippen molar-refractivity contribution in [1.29, 1.82) is 0 Å². The number of phenolic OH excluding ortho intramolecular Hbond substituents is 1. The lowest BCUT2D eigenvalue weighted by Gasteiger charge is -2.16. The molecule has 26 heavy (non-hydrogen) atoms. The van der Waals surface area contributed by atoms with Crippen LogP contribution in [-0.4, -0.2) is 23.6 Å². The van der Waals surface area contributed by atoms with Gasteiger partial charge in [0.2, 0.25) is 0 Å². The Morgan fingerprint density at radius 3 is 2.81 bits per heavy atom. The van der Waals surface area contributed by atoms with Crippen molar-refractivity contribution in [2.24, 2.45) is 0 Å². The van der Waals surface area contributed by atoms with Crippen molar-refractivity contribution < 1.29 is 14.6 Å². The van der Waals surface area contributed by atoms with E-state index in [4.69, 9.17) is 4.74 Å². The van der Waals surface area contributed by atoms with Crippen molar-refractivity contribution in [2.75, 3.05) is 12.4 Å². The van der Waals surface area contributed by atoms with Gasteiger partial charge in [-0.2, -0.15) is 0 Å². The molecule has 0 bridgehead atoms. The van der Waals surface area contributed by atoms with E-state index in [1.54, 1.807) is 13.2 Å². The molecule has 5 nitrogen and oxygen atoms in total. The summed E-state index contributed by atoms with van der Waals surface area (Å²) in [5.41, 5.74) is 2.23. The second-order valence-corrected chi connectivity index (χ2v) is 9.21. The third-order valence-electron chi connectivity index (χ3n) is 3.72. The molecule has 0 saturated carbocycles. The number of anilines is 1. The third-order valence-corrected chi connectivity index (χ3v) is 6.19. The van der Waals surface area contributed by atoms with Gasteiger partial charge in [-0.1, -0.05) is 17.8 Å². The third kappa shape index (κ3) is 4.39. The summed E-state index contributed by atoms with van der Waals surface area (Å²) in [6.07, 6.45) is 1.72. The van der Waals surface area contributed by atoms with Crippen molar-refractivity contribution in [2.45, 2.75) is 12.4 Å². The number of methoxy groups -OCH3 is 1. The van der Waals surface area contributed by atoms with Crippen LogP contribution >= 0.6 is 56.9 Å². The summed E-state index contributed by atoms with van der Waals surface area (Å²) in [6, 6.07) is 9.57. The van der Waals surface area contributed by atoms with Crippen LogP contribution in [0.2, 0.25) is 0 Å². The topological polar surface area (TPSA) is 70.6 Å². The molecule has 1 atom stereocenters. The Morgan fingerprint density at radius 1 is 1.31 bits per heavy atom. The molecule has 2 aromatic rings. The molecular weight excluding hydrogens is 578 g/mol. The van der Waals surface area contributed by atoms with E-state index >= 15 is 0 Å². The lowest BCUT2D eigenvalue weighted by Crippen LogP contribution is -2.31. The zero-order valence-corrected chi connectivity index (χ0v) is 19.1. The number of aryl methyl sites for hydroxylation is 1. The molecule has 3 N–H and O–H groups in total. The molecule has 1 fully saturated rings. The van der Waals surface area contributed by atoms with Crippen molar-refractivity contribution in [3.63, 3.8) is 0 Å². The molecule has 1 saturated heterocycles. The summed E-state index contributed by atoms with van der Waals surface area (Å²) < 4.78 is 7.12. The summed E-state index contributed by atoms with van der Waals surface area (Å²) in [5, 5.41) is 16.4. The molecule has 3 rings (SSSR count). The fraction of sp³-hybridized carbons (Fsp3) is 0.167. The summed E-state index contributed by atoms with van der Waals surface area (Å²) in [6.45, 7) is 2.00. The van der Waals surface area contributed by atoms with E-state index in [0.717, 1.165) is 18.4 Å². The maximum absolute atomic E-state index is 12.3. The number of carbonyl (C=O) groups is 1. The van der Waals surface area contributed by atoms with Crippen LogP contribution in [0.1, 0.15) is 11.1 Å². The summed E-state index contributed by atoms with van der Waals surface area (Å²) >= 11 is 5.64. The number of amides is 1. The van der Waals surface area contributed by atoms with Crippen LogP contribution in [0, 0.1) is 14.1 Å². The minimum Gasteiger partial charge on any atom is -0.506 e. The first kappa shape index (κ1) is 19.6. The number of halogens is 2. The van der Waals surface area contributed by atoms with Crippen LogP contribution < -0.4 is 15.4 Å². The molecule has 1 unspecified atom stereocenters. The Bertz CT molecular complexity index is 902. The predicted octanol–water partition coefficient (Wildman–Crippen LogP) is 4.52. The molecule has 8 heteroatoms. The van der Waals surface area contributed by atoms with Gasteiger partial charge in [0, 0.05) is 9.13 Å². The normalized spacial score (nSPS) is 18.1. The Balaban J connectivity index is 1.83. The maximum atomic E-state index is 12.3. The van der Waals surface area contributed by atoms with Gasteiger partial charge in [0.25, 0.3) is 5.91 Å². The number of carbonyl (C=O) groups excluding carboxylic acids is 1. The average Bonchev–Trinajstić information content (AvgIpc) is 2.91. The number of ether oxygens (including phenoxy) is 1. The number of benzene rings is 2. The molecule has 0 aromatic heterocycles. The first-order chi connectivity index (χ1) is 12.4. The van der Waals surface area contributed by atoms with E-state index in [1.807, 2.05) is 37.3 Å². The number of nitrogens with one attached hydrogen (secondary N) is 2. The summed E-state index contributed by atoms with van der Waals surface area (Å²) in [5.74, 6) is 0.726. The maximum Gasteiger partial charge on any atom is 0.260 e. The minimum absolute atomic E-state index is 0.174. The van der Waals surface area contributed by atoms with Gasteiger partial charge in [0.05, 0.1) is 21.3 Å². The second-order valence-electron chi connectivity index (χ2n) is 5.65. The highest BCUT2D eigenvalue weighted by atomic mass is 127. The van der Waals surface area contributed by atoms with E-state index in [9.17, 15) is 9.90 Å². The van der Waals surface area contributed by atoms with Gasteiger partial charge in [-0.05, 0) is 88.0 Å². The number of hydrogen-bond acceptors (Lipinski definition) is 5. The van der Waals surface area contributed by atoms with Crippen LogP contribution in [0.4, 0.5) is 5.69 Å². The number of hydrogen-bond donors (Lipinski definition) is 3. The van der Waals surface area contributed by atoms with E-state index < -0.39 is 0 Å². The Hall–Kier alpha value is -1.14. The molecule has 1 amide bonds. The first-order valence-corrected chi connectivity index (χ1v) is 10.7. The first-order valence-electron chi connectivity index (χ1n) is 7.66. The van der Waals surface area contributed by atoms with Crippen LogP contribution in [0.15, 0.2) is 35.2 Å². The molecule has 136 valence electrons. The summed E-state index contributed by atoms with van der Waals surface area (Å²) in [4.78, 5) is 12.9. The monoisotopic (exact) mass is 594 g/mol. The molecule has 0 spiro atoms. The number of rotatable bonds is 4. The van der Waals surface area contributed by atoms with Gasteiger partial charge in [-0.25, -0.2) is 0 Å². The summed E-state index contributed by atoms with van der Waals surface area (Å²) in [7, 11) is 1.61. The Kier molecular flexibility index (Phi) is 6.23. The Morgan fingerprint density at radius 2 is 2.08 bits per heavy atom. The van der Waals surface area contributed by atoms with Crippen molar-refractivity contribution in [3.8, 4) is 11.5 Å². The molecule has 0 aliphatic carbocycles. The minimum atomic E-state index is -0.312. The molecular formula is C18H16I2N2O3S. The van der Waals surface area contributed by atoms with Gasteiger partial charge < -0.3 is 20.5 Å². The fourth-order valence-electron chi connectivity index (χ4n) is 2.48. The van der Waals surface area contributed by atoms with Crippen LogP contribution in [0.3, 0.4) is 0 Å². The average molecular weight is 594 g/mol. The van der Waals surface area contributed by atoms with Gasteiger partial charge in [0.15, 0.2) is 5.50 Å². The highest BCUT2D eigenvalue weighted by molar-refractivity contribution is 14.1. The van der Waals surface area contributed by atoms with Crippen LogP contribution in [0.25, 0.3) is 6.08 Å². The standard InChI is InChI=1S/C18H16I2N2O3S/c1-9-3-4-14(25-2)13(5-9)21-18-22-17(24)15(26-18)7-10-6-11(19)8-12(20)16(10)23/h3-8,18,21,23H,1-2H3,(H,22,24)/b15-7-. The predicted molar refractivity (Wildman–Crippen MR) is 122 cm³/mol. The van der Waals surface area contributed by atoms with Gasteiger partial charge >= 0.3 is 0 Å². The SMILES string of the molecule is COc1ccc(C)cc1NC1NC(=O)/C(=C/c2cc(I)cc(I)c2O)S1. The number of thioether (sulfide) groups is 1. The van der Waals surface area contributed by atoms with Crippen molar-refractivity contribution >= 4 is 74.6 Å². The zero-order valence-electron chi connectivity index (χ0n) is 14.0. The highest BCUT2D eigenvalue weighted by Crippen LogP contribution is 2.35. The zero-order chi connectivity index (χ0) is 18.8. The van der Waals surface area contributed by atoms with E-state index in [1.165, 1.54) is 11.8 Å². The molecule has 2 aromatic carbocycles. The van der Waals surface area contributed by atoms with Crippen molar-refractivity contribution in [3.05, 3.63) is 53.5 Å². The lowest BCUT2D eigenvalue weighted by atomic mass is 10.2. The lowest BCUT2D eigenvalue weighted by molar-refractivity contribution is -0.116. The molecule has 0 radical (unpaired) electrons. The largest absolute Gasteiger partial charge is 0.506 e. The van der Waals surface area contributed by atoms with E-state index in [2.05, 4.69) is 55.8 Å². The highest BCUT2D eigenvalue weighted by Gasteiger charge is 2.28. The smallest absolute Gasteiger partial charge is 0.260 e. The number of phenols is 1. The second kappa shape index (κ2) is 8.26. The van der Waals surface area contributed by atoms with Gasteiger partial charge in [0.1, 0.15) is 11.5 Å². The van der Waals surface area contributed by atoms with Crippen LogP contribution in [-0.2, 0) is 4.79 Å². The Labute approximate surface area is 183 Å². The molecule has 1 heterocycles. The van der Waals surface area contributed by atoms with Gasteiger partial charge in [-0.3, -0.25) is 4.79 Å². The van der Waals surface area contributed by atoms with Crippen molar-refractivity contribution in [1.82, 2.24) is 5.32 Å². The van der Waals surface area contributed by atoms with Gasteiger partial charge in [-0.15, -0.1) is 0 Å².